The maximum atomic E-state index is 12.5. The van der Waals surface area contributed by atoms with Crippen LogP contribution in [-0.4, -0.2) is 57.6 Å². The van der Waals surface area contributed by atoms with Crippen molar-refractivity contribution in [3.05, 3.63) is 21.8 Å². The number of hydrogen-bond acceptors (Lipinski definition) is 7. The third kappa shape index (κ3) is 3.69. The summed E-state index contributed by atoms with van der Waals surface area (Å²) in [6.45, 7) is 4.53. The molecule has 1 aliphatic rings. The number of hydrogen-bond donors (Lipinski definition) is 1. The van der Waals surface area contributed by atoms with E-state index < -0.39 is 12.0 Å². The Labute approximate surface area is 153 Å². The molecule has 0 aromatic carbocycles. The number of amides is 2. The van der Waals surface area contributed by atoms with Gasteiger partial charge in [0.15, 0.2) is 0 Å². The average molecular weight is 379 g/mol. The lowest BCUT2D eigenvalue weighted by Gasteiger charge is -2.32. The Morgan fingerprint density at radius 2 is 2.15 bits per heavy atom. The van der Waals surface area contributed by atoms with Crippen LogP contribution in [0.2, 0.25) is 0 Å². The van der Waals surface area contributed by atoms with Crippen LogP contribution < -0.4 is 10.9 Å². The van der Waals surface area contributed by atoms with Gasteiger partial charge in [0.05, 0.1) is 12.6 Å². The highest BCUT2D eigenvalue weighted by atomic mass is 32.1. The number of urea groups is 1. The van der Waals surface area contributed by atoms with E-state index in [0.29, 0.717) is 36.1 Å². The lowest BCUT2D eigenvalue weighted by molar-refractivity contribution is -0.144. The van der Waals surface area contributed by atoms with E-state index in [-0.39, 0.29) is 24.2 Å². The summed E-state index contributed by atoms with van der Waals surface area (Å²) in [6, 6.07) is 0.676. The van der Waals surface area contributed by atoms with Gasteiger partial charge in [0.25, 0.3) is 5.56 Å². The second-order valence-corrected chi connectivity index (χ2v) is 7.03. The van der Waals surface area contributed by atoms with Crippen LogP contribution in [0.1, 0.15) is 32.7 Å². The number of likely N-dealkylation sites (tertiary alicyclic amines) is 1. The fraction of sp³-hybridized carbons (Fsp3) is 0.562. The van der Waals surface area contributed by atoms with E-state index >= 15 is 0 Å². The summed E-state index contributed by atoms with van der Waals surface area (Å²) in [4.78, 5) is 38.0. The molecular formula is C16H21N5O4S. The summed E-state index contributed by atoms with van der Waals surface area (Å²) in [7, 11) is 0. The fourth-order valence-electron chi connectivity index (χ4n) is 2.94. The smallest absolute Gasteiger partial charge is 0.328 e. The number of aromatic nitrogens is 3. The number of carbonyl (C=O) groups excluding carboxylic acids is 2. The Bertz CT molecular complexity index is 856. The lowest BCUT2D eigenvalue weighted by atomic mass is 10.1. The van der Waals surface area contributed by atoms with Crippen molar-refractivity contribution in [1.29, 1.82) is 0 Å². The predicted molar refractivity (Wildman–Crippen MR) is 96.1 cm³/mol. The van der Waals surface area contributed by atoms with Gasteiger partial charge in [-0.1, -0.05) is 5.21 Å². The molecule has 9 nitrogen and oxygen atoms in total. The number of rotatable bonds is 4. The quantitative estimate of drug-likeness (QED) is 0.799. The van der Waals surface area contributed by atoms with Gasteiger partial charge in [-0.2, -0.15) is 0 Å². The van der Waals surface area contributed by atoms with E-state index in [4.69, 9.17) is 4.74 Å². The van der Waals surface area contributed by atoms with E-state index in [1.165, 1.54) is 16.0 Å². The molecule has 0 saturated carbocycles. The summed E-state index contributed by atoms with van der Waals surface area (Å²) >= 11 is 1.36. The van der Waals surface area contributed by atoms with Gasteiger partial charge >= 0.3 is 12.0 Å². The summed E-state index contributed by atoms with van der Waals surface area (Å²) in [6.07, 6.45) is 1.21. The normalized spacial score (nSPS) is 16.5. The summed E-state index contributed by atoms with van der Waals surface area (Å²) in [5.41, 5.74) is 0.477. The van der Waals surface area contributed by atoms with Crippen LogP contribution >= 0.6 is 11.3 Å². The Balaban J connectivity index is 1.60. The van der Waals surface area contributed by atoms with Crippen LogP contribution in [0.25, 0.3) is 10.2 Å². The first-order valence-corrected chi connectivity index (χ1v) is 9.44. The Morgan fingerprint density at radius 1 is 1.42 bits per heavy atom. The first-order chi connectivity index (χ1) is 12.5. The molecule has 10 heteroatoms. The highest BCUT2D eigenvalue weighted by Gasteiger charge is 2.27. The topological polar surface area (TPSA) is 106 Å². The molecule has 1 aliphatic heterocycles. The van der Waals surface area contributed by atoms with Gasteiger partial charge in [0.2, 0.25) is 0 Å². The molecule has 1 N–H and O–H groups in total. The predicted octanol–water partition coefficient (Wildman–Crippen LogP) is 1.15. The minimum absolute atomic E-state index is 0.0898. The number of carbonyl (C=O) groups is 2. The molecule has 0 spiro atoms. The first kappa shape index (κ1) is 18.3. The van der Waals surface area contributed by atoms with Crippen molar-refractivity contribution in [2.24, 2.45) is 0 Å². The molecular weight excluding hydrogens is 358 g/mol. The van der Waals surface area contributed by atoms with Crippen molar-refractivity contribution in [1.82, 2.24) is 25.2 Å². The highest BCUT2D eigenvalue weighted by Crippen LogP contribution is 2.21. The van der Waals surface area contributed by atoms with Crippen molar-refractivity contribution in [3.8, 4) is 0 Å². The molecule has 26 heavy (non-hydrogen) atoms. The van der Waals surface area contributed by atoms with Gasteiger partial charge < -0.3 is 15.0 Å². The van der Waals surface area contributed by atoms with Gasteiger partial charge in [0.1, 0.15) is 16.3 Å². The lowest BCUT2D eigenvalue weighted by Crippen LogP contribution is -2.50. The monoisotopic (exact) mass is 379 g/mol. The molecule has 3 heterocycles. The van der Waals surface area contributed by atoms with Crippen LogP contribution in [0.5, 0.6) is 0 Å². The molecule has 1 atom stereocenters. The minimum Gasteiger partial charge on any atom is -0.464 e. The number of thiophene rings is 1. The van der Waals surface area contributed by atoms with Gasteiger partial charge in [-0.05, 0) is 38.1 Å². The molecule has 1 saturated heterocycles. The SMILES string of the molecule is CCOC(=O)[C@@H](C)NC(=O)N1CCC(n2nnc3ccsc3c2=O)CC1. The van der Waals surface area contributed by atoms with Gasteiger partial charge in [0, 0.05) is 13.1 Å². The standard InChI is InChI=1S/C16H21N5O4S/c1-3-25-15(23)10(2)17-16(24)20-7-4-11(5-8-20)21-14(22)13-12(18-19-21)6-9-26-13/h6,9-11H,3-5,7-8H2,1-2H3,(H,17,24)/t10-/m1/s1. The highest BCUT2D eigenvalue weighted by molar-refractivity contribution is 7.17. The molecule has 1 fully saturated rings. The van der Waals surface area contributed by atoms with E-state index in [1.54, 1.807) is 24.8 Å². The second kappa shape index (κ2) is 7.81. The number of ether oxygens (including phenoxy) is 1. The van der Waals surface area contributed by atoms with Gasteiger partial charge in [-0.25, -0.2) is 14.3 Å². The third-order valence-electron chi connectivity index (χ3n) is 4.37. The molecule has 0 unspecified atom stereocenters. The van der Waals surface area contributed by atoms with E-state index in [0.717, 1.165) is 0 Å². The van der Waals surface area contributed by atoms with Crippen LogP contribution in [0, 0.1) is 0 Å². The van der Waals surface area contributed by atoms with E-state index in [1.807, 2.05) is 5.38 Å². The van der Waals surface area contributed by atoms with Crippen LogP contribution in [-0.2, 0) is 9.53 Å². The fourth-order valence-corrected chi connectivity index (χ4v) is 3.69. The second-order valence-electron chi connectivity index (χ2n) is 6.12. The summed E-state index contributed by atoms with van der Waals surface area (Å²) in [5, 5.41) is 12.6. The van der Waals surface area contributed by atoms with Crippen LogP contribution in [0.4, 0.5) is 4.79 Å². The summed E-state index contributed by atoms with van der Waals surface area (Å²) < 4.78 is 6.91. The van der Waals surface area contributed by atoms with Crippen LogP contribution in [0.15, 0.2) is 16.2 Å². The zero-order chi connectivity index (χ0) is 18.7. The van der Waals surface area contributed by atoms with Crippen molar-refractivity contribution >= 4 is 33.6 Å². The number of esters is 1. The van der Waals surface area contributed by atoms with Crippen molar-refractivity contribution in [2.75, 3.05) is 19.7 Å². The Kier molecular flexibility index (Phi) is 5.50. The van der Waals surface area contributed by atoms with E-state index in [2.05, 4.69) is 15.6 Å². The Hall–Kier alpha value is -2.49. The van der Waals surface area contributed by atoms with Crippen molar-refractivity contribution in [2.45, 2.75) is 38.8 Å². The average Bonchev–Trinajstić information content (AvgIpc) is 3.12. The molecule has 0 radical (unpaired) electrons. The zero-order valence-electron chi connectivity index (χ0n) is 14.7. The van der Waals surface area contributed by atoms with Crippen molar-refractivity contribution < 1.29 is 14.3 Å². The zero-order valence-corrected chi connectivity index (χ0v) is 15.5. The number of nitrogens with one attached hydrogen (secondary N) is 1. The summed E-state index contributed by atoms with van der Waals surface area (Å²) in [5.74, 6) is -0.457. The maximum Gasteiger partial charge on any atom is 0.328 e. The van der Waals surface area contributed by atoms with Gasteiger partial charge in [-0.3, -0.25) is 4.79 Å². The van der Waals surface area contributed by atoms with E-state index in [9.17, 15) is 14.4 Å². The number of nitrogens with zero attached hydrogens (tertiary/aromatic N) is 4. The first-order valence-electron chi connectivity index (χ1n) is 8.56. The minimum atomic E-state index is -0.699. The molecule has 0 bridgehead atoms. The number of piperidine rings is 1. The van der Waals surface area contributed by atoms with Crippen molar-refractivity contribution in [3.63, 3.8) is 0 Å². The molecule has 2 aromatic rings. The largest absolute Gasteiger partial charge is 0.464 e. The molecule has 140 valence electrons. The third-order valence-corrected chi connectivity index (χ3v) is 5.26. The maximum absolute atomic E-state index is 12.5. The molecule has 2 amide bonds. The van der Waals surface area contributed by atoms with Gasteiger partial charge in [-0.15, -0.1) is 16.4 Å². The molecule has 0 aliphatic carbocycles. The molecule has 3 rings (SSSR count). The Morgan fingerprint density at radius 3 is 2.85 bits per heavy atom. The number of fused-ring (bicyclic) bond motifs is 1. The van der Waals surface area contributed by atoms with Crippen LogP contribution in [0.3, 0.4) is 0 Å². The molecule has 2 aromatic heterocycles.